The molecule has 0 aliphatic heterocycles. The zero-order chi connectivity index (χ0) is 19.0. The van der Waals surface area contributed by atoms with Gasteiger partial charge in [-0.3, -0.25) is 0 Å². The maximum Gasteiger partial charge on any atom is 0.165 e. The SMILES string of the molecule is Cc1ccc(C(C)C)c(Cn2cc(Cn3cnc4c(N)ncnc43)nn2)c1. The van der Waals surface area contributed by atoms with Crippen molar-refractivity contribution >= 4 is 17.0 Å². The smallest absolute Gasteiger partial charge is 0.165 e. The van der Waals surface area contributed by atoms with Gasteiger partial charge >= 0.3 is 0 Å². The molecule has 4 aromatic rings. The van der Waals surface area contributed by atoms with Gasteiger partial charge in [0.15, 0.2) is 11.5 Å². The first-order valence-corrected chi connectivity index (χ1v) is 8.91. The first kappa shape index (κ1) is 17.1. The maximum atomic E-state index is 5.84. The molecule has 1 aromatic carbocycles. The predicted molar refractivity (Wildman–Crippen MR) is 103 cm³/mol. The molecule has 8 nitrogen and oxygen atoms in total. The van der Waals surface area contributed by atoms with Crippen molar-refractivity contribution in [3.8, 4) is 0 Å². The molecule has 0 atom stereocenters. The predicted octanol–water partition coefficient (Wildman–Crippen LogP) is 2.53. The Kier molecular flexibility index (Phi) is 4.31. The van der Waals surface area contributed by atoms with E-state index in [1.807, 2.05) is 15.4 Å². The summed E-state index contributed by atoms with van der Waals surface area (Å²) >= 11 is 0. The quantitative estimate of drug-likeness (QED) is 0.585. The summed E-state index contributed by atoms with van der Waals surface area (Å²) in [5.41, 5.74) is 11.8. The molecule has 0 aliphatic carbocycles. The number of hydrogen-bond acceptors (Lipinski definition) is 6. The van der Waals surface area contributed by atoms with Crippen molar-refractivity contribution in [2.45, 2.75) is 39.8 Å². The standard InChI is InChI=1S/C19H22N8/c1-12(2)16-5-4-13(3)6-14(16)7-27-9-15(24-25-27)8-26-11-23-17-18(20)21-10-22-19(17)26/h4-6,9-12H,7-8H2,1-3H3,(H2,20,21,22). The summed E-state index contributed by atoms with van der Waals surface area (Å²) in [6.45, 7) is 7.75. The number of nitrogen functional groups attached to an aromatic ring is 1. The van der Waals surface area contributed by atoms with Crippen molar-refractivity contribution in [1.82, 2.24) is 34.5 Å². The molecule has 27 heavy (non-hydrogen) atoms. The zero-order valence-electron chi connectivity index (χ0n) is 15.7. The molecule has 0 fully saturated rings. The van der Waals surface area contributed by atoms with E-state index in [0.29, 0.717) is 36.0 Å². The Bertz CT molecular complexity index is 1090. The van der Waals surface area contributed by atoms with Gasteiger partial charge < -0.3 is 10.3 Å². The van der Waals surface area contributed by atoms with Crippen LogP contribution >= 0.6 is 0 Å². The van der Waals surface area contributed by atoms with Crippen molar-refractivity contribution in [1.29, 1.82) is 0 Å². The molecule has 4 rings (SSSR count). The van der Waals surface area contributed by atoms with Crippen LogP contribution in [0, 0.1) is 6.92 Å². The maximum absolute atomic E-state index is 5.84. The van der Waals surface area contributed by atoms with Gasteiger partial charge in [-0.2, -0.15) is 0 Å². The van der Waals surface area contributed by atoms with Crippen LogP contribution in [-0.4, -0.2) is 34.5 Å². The lowest BCUT2D eigenvalue weighted by molar-refractivity contribution is 0.640. The largest absolute Gasteiger partial charge is 0.382 e. The molecule has 0 radical (unpaired) electrons. The van der Waals surface area contributed by atoms with Gasteiger partial charge in [-0.25, -0.2) is 19.6 Å². The summed E-state index contributed by atoms with van der Waals surface area (Å²) in [5, 5.41) is 8.60. The van der Waals surface area contributed by atoms with E-state index >= 15 is 0 Å². The van der Waals surface area contributed by atoms with E-state index in [0.717, 1.165) is 5.69 Å². The number of anilines is 1. The Hall–Kier alpha value is -3.29. The van der Waals surface area contributed by atoms with Gasteiger partial charge in [0.1, 0.15) is 17.5 Å². The fourth-order valence-corrected chi connectivity index (χ4v) is 3.29. The number of fused-ring (bicyclic) bond motifs is 1. The number of imidazole rings is 1. The fourth-order valence-electron chi connectivity index (χ4n) is 3.29. The molecule has 0 amide bonds. The fraction of sp³-hybridized carbons (Fsp3) is 0.316. The second kappa shape index (κ2) is 6.79. The van der Waals surface area contributed by atoms with Crippen molar-refractivity contribution in [2.75, 3.05) is 5.73 Å². The van der Waals surface area contributed by atoms with E-state index in [1.54, 1.807) is 6.33 Å². The second-order valence-electron chi connectivity index (χ2n) is 7.07. The summed E-state index contributed by atoms with van der Waals surface area (Å²) in [4.78, 5) is 12.5. The topological polar surface area (TPSA) is 100 Å². The van der Waals surface area contributed by atoms with Crippen LogP contribution in [0.25, 0.3) is 11.2 Å². The van der Waals surface area contributed by atoms with Crippen LogP contribution in [0.3, 0.4) is 0 Å². The third-order valence-corrected chi connectivity index (χ3v) is 4.60. The van der Waals surface area contributed by atoms with E-state index in [4.69, 9.17) is 5.73 Å². The van der Waals surface area contributed by atoms with Gasteiger partial charge in [0.2, 0.25) is 0 Å². The minimum Gasteiger partial charge on any atom is -0.382 e. The van der Waals surface area contributed by atoms with Crippen LogP contribution < -0.4 is 5.73 Å². The third-order valence-electron chi connectivity index (χ3n) is 4.60. The van der Waals surface area contributed by atoms with Gasteiger partial charge in [-0.15, -0.1) is 5.10 Å². The highest BCUT2D eigenvalue weighted by atomic mass is 15.4. The van der Waals surface area contributed by atoms with E-state index in [-0.39, 0.29) is 0 Å². The Morgan fingerprint density at radius 3 is 2.78 bits per heavy atom. The first-order valence-electron chi connectivity index (χ1n) is 8.91. The molecule has 3 heterocycles. The highest BCUT2D eigenvalue weighted by Crippen LogP contribution is 2.22. The third kappa shape index (κ3) is 3.38. The van der Waals surface area contributed by atoms with Gasteiger partial charge in [0.25, 0.3) is 0 Å². The number of aryl methyl sites for hydroxylation is 1. The van der Waals surface area contributed by atoms with Gasteiger partial charge in [-0.1, -0.05) is 42.8 Å². The second-order valence-corrected chi connectivity index (χ2v) is 7.07. The normalized spacial score (nSPS) is 11.6. The van der Waals surface area contributed by atoms with Gasteiger partial charge in [-0.05, 0) is 24.0 Å². The summed E-state index contributed by atoms with van der Waals surface area (Å²) in [6.07, 6.45) is 5.10. The highest BCUT2D eigenvalue weighted by Gasteiger charge is 2.12. The van der Waals surface area contributed by atoms with Crippen molar-refractivity contribution in [3.63, 3.8) is 0 Å². The first-order chi connectivity index (χ1) is 13.0. The summed E-state index contributed by atoms with van der Waals surface area (Å²) in [7, 11) is 0. The molecular formula is C19H22N8. The van der Waals surface area contributed by atoms with Crippen LogP contribution in [0.2, 0.25) is 0 Å². The van der Waals surface area contributed by atoms with Crippen LogP contribution in [0.15, 0.2) is 37.1 Å². The molecule has 0 saturated carbocycles. The Morgan fingerprint density at radius 1 is 1.11 bits per heavy atom. The molecule has 0 unspecified atom stereocenters. The molecule has 2 N–H and O–H groups in total. The molecule has 0 saturated heterocycles. The van der Waals surface area contributed by atoms with Crippen molar-refractivity contribution in [2.24, 2.45) is 0 Å². The molecule has 3 aromatic heterocycles. The number of hydrogen-bond donors (Lipinski definition) is 1. The summed E-state index contributed by atoms with van der Waals surface area (Å²) < 4.78 is 3.77. The molecule has 0 spiro atoms. The molecule has 8 heteroatoms. The van der Waals surface area contributed by atoms with E-state index < -0.39 is 0 Å². The minimum absolute atomic E-state index is 0.378. The summed E-state index contributed by atoms with van der Waals surface area (Å²) in [6, 6.07) is 6.58. The number of aromatic nitrogens is 7. The van der Waals surface area contributed by atoms with Gasteiger partial charge in [0, 0.05) is 0 Å². The van der Waals surface area contributed by atoms with E-state index in [2.05, 4.69) is 64.2 Å². The number of benzene rings is 1. The highest BCUT2D eigenvalue weighted by molar-refractivity contribution is 5.81. The Labute approximate surface area is 157 Å². The van der Waals surface area contributed by atoms with Crippen LogP contribution in [-0.2, 0) is 13.1 Å². The van der Waals surface area contributed by atoms with Gasteiger partial charge in [0.05, 0.1) is 25.6 Å². The van der Waals surface area contributed by atoms with E-state index in [9.17, 15) is 0 Å². The van der Waals surface area contributed by atoms with Crippen LogP contribution in [0.1, 0.15) is 42.1 Å². The van der Waals surface area contributed by atoms with E-state index in [1.165, 1.54) is 23.0 Å². The molecule has 138 valence electrons. The number of nitrogens with zero attached hydrogens (tertiary/aromatic N) is 7. The number of rotatable bonds is 5. The molecule has 0 aliphatic rings. The Balaban J connectivity index is 1.57. The number of nitrogens with two attached hydrogens (primary N) is 1. The monoisotopic (exact) mass is 362 g/mol. The van der Waals surface area contributed by atoms with Crippen LogP contribution in [0.4, 0.5) is 5.82 Å². The lowest BCUT2D eigenvalue weighted by atomic mass is 9.95. The average Bonchev–Trinajstić information content (AvgIpc) is 3.23. The summed E-state index contributed by atoms with van der Waals surface area (Å²) in [5.74, 6) is 0.842. The zero-order valence-corrected chi connectivity index (χ0v) is 15.7. The Morgan fingerprint density at radius 2 is 1.96 bits per heavy atom. The molecular weight excluding hydrogens is 340 g/mol. The minimum atomic E-state index is 0.378. The lowest BCUT2D eigenvalue weighted by Crippen LogP contribution is -2.05. The average molecular weight is 362 g/mol. The molecule has 0 bridgehead atoms. The van der Waals surface area contributed by atoms with Crippen LogP contribution in [0.5, 0.6) is 0 Å². The van der Waals surface area contributed by atoms with Crippen molar-refractivity contribution in [3.05, 3.63) is 59.4 Å². The lowest BCUT2D eigenvalue weighted by Gasteiger charge is -2.13. The van der Waals surface area contributed by atoms with Crippen molar-refractivity contribution < 1.29 is 0 Å².